The lowest BCUT2D eigenvalue weighted by molar-refractivity contribution is -0.132. The molecule has 3 nitrogen and oxygen atoms in total. The molecular formula is C12H24N2O. The highest BCUT2D eigenvalue weighted by molar-refractivity contribution is 5.78. The van der Waals surface area contributed by atoms with E-state index in [1.165, 1.54) is 0 Å². The van der Waals surface area contributed by atoms with Crippen molar-refractivity contribution in [1.82, 2.24) is 10.2 Å². The van der Waals surface area contributed by atoms with Gasteiger partial charge in [-0.25, -0.2) is 0 Å². The number of hydrogen-bond acceptors (Lipinski definition) is 2. The zero-order valence-electron chi connectivity index (χ0n) is 10.4. The van der Waals surface area contributed by atoms with E-state index in [0.29, 0.717) is 18.5 Å². The van der Waals surface area contributed by atoms with E-state index in [-0.39, 0.29) is 5.91 Å². The van der Waals surface area contributed by atoms with Gasteiger partial charge in [-0.05, 0) is 18.3 Å². The van der Waals surface area contributed by atoms with Crippen molar-refractivity contribution >= 4 is 5.91 Å². The van der Waals surface area contributed by atoms with E-state index in [0.717, 1.165) is 25.4 Å². The molecule has 1 N–H and O–H groups in total. The second kappa shape index (κ2) is 5.50. The van der Waals surface area contributed by atoms with Gasteiger partial charge in [-0.3, -0.25) is 4.79 Å². The quantitative estimate of drug-likeness (QED) is 0.768. The van der Waals surface area contributed by atoms with E-state index in [1.807, 2.05) is 4.90 Å². The van der Waals surface area contributed by atoms with Crippen LogP contribution >= 0.6 is 0 Å². The lowest BCUT2D eigenvalue weighted by Gasteiger charge is -2.35. The highest BCUT2D eigenvalue weighted by Crippen LogP contribution is 2.22. The zero-order chi connectivity index (χ0) is 11.4. The number of rotatable bonds is 3. The van der Waals surface area contributed by atoms with E-state index in [2.05, 4.69) is 33.0 Å². The molecule has 3 heteroatoms. The molecule has 15 heavy (non-hydrogen) atoms. The molecule has 0 aromatic heterocycles. The lowest BCUT2D eigenvalue weighted by Crippen LogP contribution is -2.46. The predicted octanol–water partition coefficient (Wildman–Crippen LogP) is 1.49. The molecule has 1 heterocycles. The molecule has 0 bridgehead atoms. The van der Waals surface area contributed by atoms with Crippen LogP contribution in [0.5, 0.6) is 0 Å². The number of amides is 1. The Hall–Kier alpha value is -0.570. The minimum absolute atomic E-state index is 0.252. The van der Waals surface area contributed by atoms with Gasteiger partial charge in [-0.1, -0.05) is 27.7 Å². The third-order valence-corrected chi connectivity index (χ3v) is 3.35. The summed E-state index contributed by atoms with van der Waals surface area (Å²) in [6.07, 6.45) is 1.15. The molecule has 0 spiro atoms. The monoisotopic (exact) mass is 212 g/mol. The van der Waals surface area contributed by atoms with E-state index in [9.17, 15) is 4.79 Å². The van der Waals surface area contributed by atoms with Gasteiger partial charge in [-0.2, -0.15) is 0 Å². The molecule has 0 aliphatic carbocycles. The first-order chi connectivity index (χ1) is 7.00. The number of carbonyl (C=O) groups is 1. The van der Waals surface area contributed by atoms with Crippen LogP contribution in [0.2, 0.25) is 0 Å². The summed E-state index contributed by atoms with van der Waals surface area (Å²) >= 11 is 0. The van der Waals surface area contributed by atoms with E-state index < -0.39 is 0 Å². The van der Waals surface area contributed by atoms with Gasteiger partial charge in [-0.15, -0.1) is 0 Å². The summed E-state index contributed by atoms with van der Waals surface area (Å²) in [4.78, 5) is 13.8. The number of nitrogens with zero attached hydrogens (tertiary/aromatic N) is 1. The second-order valence-electron chi connectivity index (χ2n) is 5.12. The summed E-state index contributed by atoms with van der Waals surface area (Å²) in [5, 5.41) is 3.18. The van der Waals surface area contributed by atoms with Crippen LogP contribution in [0.15, 0.2) is 0 Å². The van der Waals surface area contributed by atoms with Crippen molar-refractivity contribution in [2.45, 2.75) is 40.2 Å². The van der Waals surface area contributed by atoms with Crippen LogP contribution in [0.4, 0.5) is 0 Å². The summed E-state index contributed by atoms with van der Waals surface area (Å²) in [7, 11) is 0. The first-order valence-electron chi connectivity index (χ1n) is 6.02. The molecule has 0 aromatic carbocycles. The maximum Gasteiger partial charge on any atom is 0.236 e. The van der Waals surface area contributed by atoms with E-state index >= 15 is 0 Å². The fraction of sp³-hybridized carbons (Fsp3) is 0.917. The minimum atomic E-state index is 0.252. The molecule has 1 aliphatic heterocycles. The van der Waals surface area contributed by atoms with Crippen LogP contribution in [0.1, 0.15) is 34.1 Å². The normalized spacial score (nSPS) is 27.1. The maximum absolute atomic E-state index is 11.8. The van der Waals surface area contributed by atoms with Crippen molar-refractivity contribution in [2.24, 2.45) is 11.8 Å². The molecule has 0 aromatic rings. The Labute approximate surface area is 93.2 Å². The Kier molecular flexibility index (Phi) is 4.58. The molecule has 0 saturated carbocycles. The maximum atomic E-state index is 11.8. The number of hydrogen-bond donors (Lipinski definition) is 1. The summed E-state index contributed by atoms with van der Waals surface area (Å²) < 4.78 is 0. The van der Waals surface area contributed by atoms with Crippen LogP contribution in [0.25, 0.3) is 0 Å². The highest BCUT2D eigenvalue weighted by Gasteiger charge is 2.25. The lowest BCUT2D eigenvalue weighted by atomic mass is 9.89. The van der Waals surface area contributed by atoms with Gasteiger partial charge in [0.25, 0.3) is 0 Å². The molecule has 88 valence electrons. The van der Waals surface area contributed by atoms with Crippen LogP contribution in [-0.2, 0) is 4.79 Å². The number of likely N-dealkylation sites (tertiary alicyclic amines) is 1. The van der Waals surface area contributed by atoms with Crippen molar-refractivity contribution in [3.63, 3.8) is 0 Å². The topological polar surface area (TPSA) is 32.3 Å². The summed E-state index contributed by atoms with van der Waals surface area (Å²) in [6.45, 7) is 11.0. The van der Waals surface area contributed by atoms with Crippen LogP contribution in [0.3, 0.4) is 0 Å². The average Bonchev–Trinajstić information content (AvgIpc) is 2.18. The highest BCUT2D eigenvalue weighted by atomic mass is 16.2. The summed E-state index contributed by atoms with van der Waals surface area (Å²) in [5.41, 5.74) is 0. The average molecular weight is 212 g/mol. The number of carbonyl (C=O) groups excluding carboxylic acids is 1. The van der Waals surface area contributed by atoms with Crippen molar-refractivity contribution in [3.8, 4) is 0 Å². The zero-order valence-corrected chi connectivity index (χ0v) is 10.4. The first-order valence-corrected chi connectivity index (χ1v) is 6.02. The van der Waals surface area contributed by atoms with Crippen molar-refractivity contribution in [2.75, 3.05) is 19.6 Å². The Morgan fingerprint density at radius 2 is 2.07 bits per heavy atom. The second-order valence-corrected chi connectivity index (χ2v) is 5.12. The Morgan fingerprint density at radius 3 is 2.60 bits per heavy atom. The standard InChI is InChI=1S/C12H24N2O/c1-9(2)13-7-12(15)14-6-5-10(3)11(4)8-14/h9-11,13H,5-8H2,1-4H3. The smallest absolute Gasteiger partial charge is 0.236 e. The van der Waals surface area contributed by atoms with Gasteiger partial charge in [0.05, 0.1) is 6.54 Å². The van der Waals surface area contributed by atoms with Gasteiger partial charge < -0.3 is 10.2 Å². The van der Waals surface area contributed by atoms with Gasteiger partial charge in [0, 0.05) is 19.1 Å². The largest absolute Gasteiger partial charge is 0.341 e. The molecular weight excluding hydrogens is 188 g/mol. The van der Waals surface area contributed by atoms with Crippen molar-refractivity contribution < 1.29 is 4.79 Å². The SMILES string of the molecule is CC(C)NCC(=O)N1CCC(C)C(C)C1. The minimum Gasteiger partial charge on any atom is -0.341 e. The van der Waals surface area contributed by atoms with Crippen molar-refractivity contribution in [3.05, 3.63) is 0 Å². The molecule has 2 unspecified atom stereocenters. The molecule has 1 amide bonds. The van der Waals surface area contributed by atoms with E-state index in [1.54, 1.807) is 0 Å². The third kappa shape index (κ3) is 3.82. The predicted molar refractivity (Wildman–Crippen MR) is 62.7 cm³/mol. The molecule has 1 saturated heterocycles. The van der Waals surface area contributed by atoms with Crippen LogP contribution < -0.4 is 5.32 Å². The van der Waals surface area contributed by atoms with Gasteiger partial charge in [0.15, 0.2) is 0 Å². The number of piperidine rings is 1. The van der Waals surface area contributed by atoms with Gasteiger partial charge >= 0.3 is 0 Å². The molecule has 1 rings (SSSR count). The molecule has 1 aliphatic rings. The molecule has 1 fully saturated rings. The Bertz CT molecular complexity index is 216. The Balaban J connectivity index is 2.34. The van der Waals surface area contributed by atoms with Gasteiger partial charge in [0.1, 0.15) is 0 Å². The molecule has 2 atom stereocenters. The molecule has 0 radical (unpaired) electrons. The van der Waals surface area contributed by atoms with Gasteiger partial charge in [0.2, 0.25) is 5.91 Å². The van der Waals surface area contributed by atoms with Crippen molar-refractivity contribution in [1.29, 1.82) is 0 Å². The van der Waals surface area contributed by atoms with Crippen LogP contribution in [0, 0.1) is 11.8 Å². The summed E-state index contributed by atoms with van der Waals surface area (Å²) in [5.74, 6) is 1.65. The fourth-order valence-electron chi connectivity index (χ4n) is 1.89. The van der Waals surface area contributed by atoms with Crippen LogP contribution in [-0.4, -0.2) is 36.5 Å². The third-order valence-electron chi connectivity index (χ3n) is 3.35. The van der Waals surface area contributed by atoms with E-state index in [4.69, 9.17) is 0 Å². The number of nitrogens with one attached hydrogen (secondary N) is 1. The summed E-state index contributed by atoms with van der Waals surface area (Å²) in [6, 6.07) is 0.384. The first kappa shape index (κ1) is 12.5. The fourth-order valence-corrected chi connectivity index (χ4v) is 1.89. The Morgan fingerprint density at radius 1 is 1.40 bits per heavy atom.